The summed E-state index contributed by atoms with van der Waals surface area (Å²) in [6, 6.07) is -1.47. The maximum absolute atomic E-state index is 14.3. The number of unbranched alkanes of at least 4 members (excludes halogenated alkanes) is 1. The molecule has 3 fully saturated rings. The van der Waals surface area contributed by atoms with E-state index in [1.165, 1.54) is 18.9 Å². The van der Waals surface area contributed by atoms with Crippen LogP contribution < -0.4 is 5.32 Å². The van der Waals surface area contributed by atoms with Gasteiger partial charge >= 0.3 is 12.1 Å². The summed E-state index contributed by atoms with van der Waals surface area (Å²) in [5.41, 5.74) is 6.05. The Labute approximate surface area is 310 Å². The lowest BCUT2D eigenvalue weighted by atomic mass is 9.78. The molecule has 3 unspecified atom stereocenters. The Morgan fingerprint density at radius 1 is 1.12 bits per heavy atom. The number of hydrogen-bond acceptors (Lipinski definition) is 12. The highest BCUT2D eigenvalue weighted by Gasteiger charge is 2.59. The Bertz CT molecular complexity index is 1320. The number of Topliss-reactive ketones (excluding diaryl/α,β-unsaturated/α-hetero) is 1. The molecule has 0 aromatic heterocycles. The Kier molecular flexibility index (Phi) is 15.7. The fourth-order valence-corrected chi connectivity index (χ4v) is 8.49. The maximum atomic E-state index is 14.3. The first-order valence-electron chi connectivity index (χ1n) is 18.3. The summed E-state index contributed by atoms with van der Waals surface area (Å²) in [6.07, 6.45) is -2.09. The van der Waals surface area contributed by atoms with Gasteiger partial charge in [-0.25, -0.2) is 4.79 Å². The van der Waals surface area contributed by atoms with Gasteiger partial charge in [-0.3, -0.25) is 19.3 Å². The first-order valence-corrected chi connectivity index (χ1v) is 18.8. The molecule has 296 valence electrons. The van der Waals surface area contributed by atoms with E-state index < -0.39 is 83.5 Å². The number of nitrogens with zero attached hydrogens (tertiary/aromatic N) is 5. The number of azide groups is 1. The molecule has 3 heterocycles. The van der Waals surface area contributed by atoms with E-state index in [4.69, 9.17) is 33.7 Å². The Hall–Kier alpha value is -2.58. The number of nitrogens with one attached hydrogen (secondary N) is 1. The Balaban J connectivity index is 2.09. The van der Waals surface area contributed by atoms with Gasteiger partial charge in [0.2, 0.25) is 5.91 Å². The molecule has 3 rings (SSSR count). The van der Waals surface area contributed by atoms with Crippen LogP contribution in [0.1, 0.15) is 87.5 Å². The molecule has 0 bridgehead atoms. The van der Waals surface area contributed by atoms with Crippen LogP contribution in [0, 0.1) is 17.8 Å². The van der Waals surface area contributed by atoms with E-state index >= 15 is 0 Å². The second kappa shape index (κ2) is 18.6. The van der Waals surface area contributed by atoms with Gasteiger partial charge < -0.3 is 38.4 Å². The van der Waals surface area contributed by atoms with Crippen molar-refractivity contribution in [1.82, 2.24) is 15.1 Å². The molecule has 0 aliphatic carbocycles. The lowest BCUT2D eigenvalue weighted by Crippen LogP contribution is -2.61. The summed E-state index contributed by atoms with van der Waals surface area (Å²) in [6.45, 7) is 14.5. The standard InChI is InChI=1S/C35H61N6O10P/c1-12-25-35(8)28(41(33(45)50-35)16-14-13-15-37-39-36)23(6)38-30(43)19(2)18-34(7,46-11)29(21(4)26(42)22(5)31(44)48-25)49-32-27(51-52)24(40(9)10)17-20(3)47-32/h19-25,27-29,32H,12-18,52H2,1-11H3,(H,38,43)/t19-,20-,21-,22-,23-,24?,25-,27?,28-,29-,32+,34-,35-/m1/s1. The lowest BCUT2D eigenvalue weighted by molar-refractivity contribution is -0.289. The zero-order chi connectivity index (χ0) is 39.1. The smallest absolute Gasteiger partial charge is 0.410 e. The van der Waals surface area contributed by atoms with Crippen LogP contribution in [0.15, 0.2) is 5.11 Å². The van der Waals surface area contributed by atoms with Crippen molar-refractivity contribution in [3.05, 3.63) is 10.4 Å². The molecule has 0 aromatic carbocycles. The minimum atomic E-state index is -1.38. The highest BCUT2D eigenvalue weighted by atomic mass is 31.0. The highest BCUT2D eigenvalue weighted by molar-refractivity contribution is 7.09. The van der Waals surface area contributed by atoms with Crippen molar-refractivity contribution >= 4 is 33.2 Å². The minimum absolute atomic E-state index is 0.0695. The van der Waals surface area contributed by atoms with E-state index in [0.717, 1.165) is 0 Å². The maximum Gasteiger partial charge on any atom is 0.410 e. The number of rotatable bonds is 11. The second-order valence-electron chi connectivity index (χ2n) is 15.3. The number of hydrogen-bond donors (Lipinski definition) is 1. The van der Waals surface area contributed by atoms with Gasteiger partial charge in [-0.2, -0.15) is 0 Å². The van der Waals surface area contributed by atoms with E-state index in [1.54, 1.807) is 41.5 Å². The highest BCUT2D eigenvalue weighted by Crippen LogP contribution is 2.40. The first kappa shape index (κ1) is 43.8. The number of amides is 2. The van der Waals surface area contributed by atoms with Gasteiger partial charge in [0.1, 0.15) is 18.1 Å². The first-order chi connectivity index (χ1) is 24.4. The minimum Gasteiger partial charge on any atom is -0.458 e. The van der Waals surface area contributed by atoms with Crippen LogP contribution >= 0.6 is 9.47 Å². The number of likely N-dealkylation sites (N-methyl/N-ethyl adjacent to an activating group) is 1. The van der Waals surface area contributed by atoms with Gasteiger partial charge in [0.05, 0.1) is 29.9 Å². The van der Waals surface area contributed by atoms with Crippen LogP contribution in [-0.4, -0.2) is 128 Å². The van der Waals surface area contributed by atoms with E-state index in [1.807, 2.05) is 25.9 Å². The SMILES string of the molecule is CC[C@H]1OC(=O)[C@H](C)C(=O)[C@@H](C)[C@@H](O[C@@H]2O[C@H](C)CC(N(C)C)C2OP)[C@](C)(OC)C[C@@H](C)C(=O)N[C@H](C)[C@H]2N(CCCCN=[N+]=[N-])C(=O)O[C@]12C. The van der Waals surface area contributed by atoms with Crippen LogP contribution in [0.2, 0.25) is 0 Å². The third kappa shape index (κ3) is 9.55. The van der Waals surface area contributed by atoms with E-state index in [9.17, 15) is 19.2 Å². The molecular formula is C35H61N6O10P. The molecule has 0 saturated carbocycles. The molecule has 0 spiro atoms. The van der Waals surface area contributed by atoms with Crippen LogP contribution in [-0.2, 0) is 42.6 Å². The van der Waals surface area contributed by atoms with Gasteiger partial charge in [0, 0.05) is 52.5 Å². The summed E-state index contributed by atoms with van der Waals surface area (Å²) in [5.74, 6) is -4.33. The second-order valence-corrected chi connectivity index (χ2v) is 15.5. The lowest BCUT2D eigenvalue weighted by Gasteiger charge is -2.47. The van der Waals surface area contributed by atoms with Crippen LogP contribution in [0.5, 0.6) is 0 Å². The van der Waals surface area contributed by atoms with E-state index in [-0.39, 0.29) is 44.0 Å². The number of methoxy groups -OCH3 is 1. The van der Waals surface area contributed by atoms with Crippen molar-refractivity contribution in [2.45, 2.75) is 148 Å². The summed E-state index contributed by atoms with van der Waals surface area (Å²) in [4.78, 5) is 62.0. The summed E-state index contributed by atoms with van der Waals surface area (Å²) < 4.78 is 37.1. The van der Waals surface area contributed by atoms with Crippen LogP contribution in [0.3, 0.4) is 0 Å². The number of carbonyl (C=O) groups is 4. The van der Waals surface area contributed by atoms with Crippen molar-refractivity contribution in [2.75, 3.05) is 34.3 Å². The number of cyclic esters (lactones) is 1. The van der Waals surface area contributed by atoms with Crippen molar-refractivity contribution in [2.24, 2.45) is 22.9 Å². The average molecular weight is 757 g/mol. The molecule has 2 amide bonds. The molecule has 1 N–H and O–H groups in total. The van der Waals surface area contributed by atoms with Crippen molar-refractivity contribution in [3.63, 3.8) is 0 Å². The largest absolute Gasteiger partial charge is 0.458 e. The third-order valence-corrected chi connectivity index (χ3v) is 11.5. The van der Waals surface area contributed by atoms with Gasteiger partial charge in [-0.05, 0) is 86.3 Å². The number of ether oxygens (including phenoxy) is 5. The summed E-state index contributed by atoms with van der Waals surface area (Å²) in [5, 5.41) is 6.68. The molecule has 16 nitrogen and oxygen atoms in total. The molecular weight excluding hydrogens is 695 g/mol. The normalized spacial score (nSPS) is 39.5. The zero-order valence-electron chi connectivity index (χ0n) is 32.7. The molecule has 3 aliphatic rings. The molecule has 3 aliphatic heterocycles. The average Bonchev–Trinajstić information content (AvgIpc) is 3.36. The van der Waals surface area contributed by atoms with Crippen molar-refractivity contribution < 1.29 is 47.4 Å². The summed E-state index contributed by atoms with van der Waals surface area (Å²) >= 11 is 0. The number of fused-ring (bicyclic) bond motifs is 1. The van der Waals surface area contributed by atoms with Crippen LogP contribution in [0.25, 0.3) is 10.4 Å². The monoisotopic (exact) mass is 756 g/mol. The van der Waals surface area contributed by atoms with Crippen molar-refractivity contribution in [3.8, 4) is 0 Å². The Morgan fingerprint density at radius 2 is 1.79 bits per heavy atom. The number of esters is 1. The van der Waals surface area contributed by atoms with Crippen LogP contribution in [0.4, 0.5) is 4.79 Å². The number of carbonyl (C=O) groups excluding carboxylic acids is 4. The van der Waals surface area contributed by atoms with E-state index in [2.05, 4.69) is 24.8 Å². The Morgan fingerprint density at radius 3 is 2.37 bits per heavy atom. The fourth-order valence-electron chi connectivity index (χ4n) is 8.18. The number of ketones is 1. The predicted octanol–water partition coefficient (Wildman–Crippen LogP) is 4.39. The van der Waals surface area contributed by atoms with Gasteiger partial charge in [-0.15, -0.1) is 0 Å². The molecule has 0 aromatic rings. The molecule has 14 atom stereocenters. The van der Waals surface area contributed by atoms with Gasteiger partial charge in [0.25, 0.3) is 0 Å². The third-order valence-electron chi connectivity index (χ3n) is 11.1. The molecule has 52 heavy (non-hydrogen) atoms. The quantitative estimate of drug-likeness (QED) is 0.0598. The molecule has 17 heteroatoms. The fraction of sp³-hybridized carbons (Fsp3) is 0.886. The van der Waals surface area contributed by atoms with Gasteiger partial charge in [0.15, 0.2) is 17.7 Å². The van der Waals surface area contributed by atoms with E-state index in [0.29, 0.717) is 19.3 Å². The molecule has 3 saturated heterocycles. The predicted molar refractivity (Wildman–Crippen MR) is 195 cm³/mol. The molecule has 0 radical (unpaired) electrons. The summed E-state index contributed by atoms with van der Waals surface area (Å²) in [7, 11) is 7.69. The van der Waals surface area contributed by atoms with Gasteiger partial charge in [-0.1, -0.05) is 25.9 Å². The van der Waals surface area contributed by atoms with Crippen molar-refractivity contribution in [1.29, 1.82) is 0 Å². The zero-order valence-corrected chi connectivity index (χ0v) is 33.9. The topological polar surface area (TPSA) is 191 Å².